The van der Waals surface area contributed by atoms with Crippen LogP contribution in [0.4, 0.5) is 24.8 Å². The van der Waals surface area contributed by atoms with Crippen LogP contribution in [0, 0.1) is 0 Å². The molecule has 0 saturated carbocycles. The Kier molecular flexibility index (Phi) is 5.71. The van der Waals surface area contributed by atoms with Crippen LogP contribution in [0.2, 0.25) is 0 Å². The van der Waals surface area contributed by atoms with E-state index in [-0.39, 0.29) is 11.3 Å². The standard InChI is InChI=1S/C22H20F3N5O3/c1-12-18(20(31)29-15-6-4-5-14(10-15)22(23,24)25)19(30-21(28-12)26-11-27-30)13-7-8-16(32-2)17(9-13)33-3/h4-11,19H,1-3H3,(H,29,31)(H,26,27,28). The van der Waals surface area contributed by atoms with Gasteiger partial charge in [-0.3, -0.25) is 4.79 Å². The van der Waals surface area contributed by atoms with E-state index >= 15 is 0 Å². The van der Waals surface area contributed by atoms with Gasteiger partial charge in [0.2, 0.25) is 5.95 Å². The molecule has 1 atom stereocenters. The highest BCUT2D eigenvalue weighted by Crippen LogP contribution is 2.39. The van der Waals surface area contributed by atoms with Gasteiger partial charge in [-0.1, -0.05) is 12.1 Å². The Hall–Kier alpha value is -4.02. The molecule has 0 bridgehead atoms. The first kappa shape index (κ1) is 22.2. The van der Waals surface area contributed by atoms with Crippen molar-refractivity contribution in [3.05, 3.63) is 71.2 Å². The molecule has 1 amide bonds. The minimum absolute atomic E-state index is 0.0190. The van der Waals surface area contributed by atoms with E-state index in [9.17, 15) is 18.0 Å². The average Bonchev–Trinajstić information content (AvgIpc) is 3.25. The molecule has 0 radical (unpaired) electrons. The number of amides is 1. The quantitative estimate of drug-likeness (QED) is 0.593. The molecule has 1 aliphatic heterocycles. The number of hydrogen-bond acceptors (Lipinski definition) is 6. The van der Waals surface area contributed by atoms with Gasteiger partial charge in [0.25, 0.3) is 5.91 Å². The second kappa shape index (κ2) is 8.49. The van der Waals surface area contributed by atoms with E-state index in [0.717, 1.165) is 12.1 Å². The van der Waals surface area contributed by atoms with Gasteiger partial charge in [-0.05, 0) is 42.8 Å². The number of nitrogens with one attached hydrogen (secondary N) is 2. The van der Waals surface area contributed by atoms with E-state index in [2.05, 4.69) is 20.7 Å². The van der Waals surface area contributed by atoms with Crippen LogP contribution < -0.4 is 20.1 Å². The zero-order chi connectivity index (χ0) is 23.8. The number of aromatic nitrogens is 3. The topological polar surface area (TPSA) is 90.3 Å². The summed E-state index contributed by atoms with van der Waals surface area (Å²) in [5, 5.41) is 9.83. The van der Waals surface area contributed by atoms with Crippen molar-refractivity contribution in [2.45, 2.75) is 19.1 Å². The van der Waals surface area contributed by atoms with Gasteiger partial charge in [0.15, 0.2) is 11.5 Å². The van der Waals surface area contributed by atoms with E-state index in [1.807, 2.05) is 0 Å². The maximum absolute atomic E-state index is 13.3. The SMILES string of the molecule is COc1ccc(C2C(C(=O)Nc3cccc(C(F)(F)F)c3)=C(C)Nc3ncnn32)cc1OC. The largest absolute Gasteiger partial charge is 0.493 e. The lowest BCUT2D eigenvalue weighted by molar-refractivity contribution is -0.137. The van der Waals surface area contributed by atoms with Gasteiger partial charge in [0.1, 0.15) is 12.4 Å². The van der Waals surface area contributed by atoms with Crippen molar-refractivity contribution in [3.8, 4) is 11.5 Å². The van der Waals surface area contributed by atoms with Gasteiger partial charge >= 0.3 is 6.18 Å². The van der Waals surface area contributed by atoms with Crippen molar-refractivity contribution < 1.29 is 27.4 Å². The van der Waals surface area contributed by atoms with Gasteiger partial charge in [-0.2, -0.15) is 23.3 Å². The molecule has 1 unspecified atom stereocenters. The zero-order valence-electron chi connectivity index (χ0n) is 17.9. The molecular formula is C22H20F3N5O3. The van der Waals surface area contributed by atoms with Gasteiger partial charge < -0.3 is 20.1 Å². The maximum atomic E-state index is 13.3. The summed E-state index contributed by atoms with van der Waals surface area (Å²) < 4.78 is 51.5. The zero-order valence-corrected chi connectivity index (χ0v) is 17.9. The number of rotatable bonds is 5. The number of fused-ring (bicyclic) bond motifs is 1. The predicted octanol–water partition coefficient (Wildman–Crippen LogP) is 4.24. The molecule has 2 aromatic carbocycles. The number of ether oxygens (including phenoxy) is 2. The molecule has 4 rings (SSSR count). The van der Waals surface area contributed by atoms with Crippen LogP contribution in [0.1, 0.15) is 24.1 Å². The number of hydrogen-bond donors (Lipinski definition) is 2. The van der Waals surface area contributed by atoms with Crippen molar-refractivity contribution in [2.24, 2.45) is 0 Å². The minimum Gasteiger partial charge on any atom is -0.493 e. The van der Waals surface area contributed by atoms with Gasteiger partial charge in [0, 0.05) is 11.4 Å². The van der Waals surface area contributed by atoms with Crippen molar-refractivity contribution in [1.29, 1.82) is 0 Å². The number of benzene rings is 2. The first-order valence-electron chi connectivity index (χ1n) is 9.80. The summed E-state index contributed by atoms with van der Waals surface area (Å²) >= 11 is 0. The number of carbonyl (C=O) groups is 1. The van der Waals surface area contributed by atoms with Crippen LogP contribution in [0.25, 0.3) is 0 Å². The molecule has 2 heterocycles. The molecule has 2 N–H and O–H groups in total. The molecule has 0 spiro atoms. The third kappa shape index (κ3) is 4.21. The van der Waals surface area contributed by atoms with Gasteiger partial charge in [-0.25, -0.2) is 4.68 Å². The van der Waals surface area contributed by atoms with E-state index in [1.165, 1.54) is 37.4 Å². The van der Waals surface area contributed by atoms with Gasteiger partial charge in [-0.15, -0.1) is 0 Å². The Labute approximate surface area is 187 Å². The van der Waals surface area contributed by atoms with Crippen molar-refractivity contribution in [1.82, 2.24) is 14.8 Å². The molecule has 33 heavy (non-hydrogen) atoms. The number of alkyl halides is 3. The lowest BCUT2D eigenvalue weighted by Crippen LogP contribution is -2.31. The van der Waals surface area contributed by atoms with Crippen molar-refractivity contribution in [2.75, 3.05) is 24.9 Å². The summed E-state index contributed by atoms with van der Waals surface area (Å²) in [5.41, 5.74) is 0.556. The number of halogens is 3. The number of nitrogens with zero attached hydrogens (tertiary/aromatic N) is 3. The lowest BCUT2D eigenvalue weighted by atomic mass is 9.94. The molecule has 0 aliphatic carbocycles. The molecule has 1 aliphatic rings. The molecule has 11 heteroatoms. The fourth-order valence-corrected chi connectivity index (χ4v) is 3.69. The lowest BCUT2D eigenvalue weighted by Gasteiger charge is -2.29. The number of anilines is 2. The monoisotopic (exact) mass is 459 g/mol. The van der Waals surface area contributed by atoms with Crippen molar-refractivity contribution >= 4 is 17.5 Å². The van der Waals surface area contributed by atoms with E-state index in [1.54, 1.807) is 25.1 Å². The normalized spacial score (nSPS) is 15.5. The Morgan fingerprint density at radius 2 is 1.88 bits per heavy atom. The fourth-order valence-electron chi connectivity index (χ4n) is 3.69. The number of carbonyl (C=O) groups excluding carboxylic acids is 1. The molecule has 0 saturated heterocycles. The van der Waals surface area contributed by atoms with Crippen LogP contribution in [-0.4, -0.2) is 34.9 Å². The smallest absolute Gasteiger partial charge is 0.416 e. The molecule has 0 fully saturated rings. The Bertz CT molecular complexity index is 1240. The van der Waals surface area contributed by atoms with E-state index in [0.29, 0.717) is 28.7 Å². The minimum atomic E-state index is -4.53. The molecule has 172 valence electrons. The first-order chi connectivity index (χ1) is 15.7. The van der Waals surface area contributed by atoms with Crippen molar-refractivity contribution in [3.63, 3.8) is 0 Å². The highest BCUT2D eigenvalue weighted by atomic mass is 19.4. The Morgan fingerprint density at radius 3 is 2.58 bits per heavy atom. The van der Waals surface area contributed by atoms with E-state index in [4.69, 9.17) is 9.47 Å². The second-order valence-corrected chi connectivity index (χ2v) is 7.24. The highest BCUT2D eigenvalue weighted by molar-refractivity contribution is 6.06. The summed E-state index contributed by atoms with van der Waals surface area (Å²) in [6, 6.07) is 8.91. The Morgan fingerprint density at radius 1 is 1.12 bits per heavy atom. The summed E-state index contributed by atoms with van der Waals surface area (Å²) in [6.45, 7) is 1.69. The number of methoxy groups -OCH3 is 2. The third-order valence-corrected chi connectivity index (χ3v) is 5.21. The molecule has 8 nitrogen and oxygen atoms in total. The third-order valence-electron chi connectivity index (χ3n) is 5.21. The second-order valence-electron chi connectivity index (χ2n) is 7.24. The van der Waals surface area contributed by atoms with Crippen LogP contribution in [0.3, 0.4) is 0 Å². The molecule has 3 aromatic rings. The summed E-state index contributed by atoms with van der Waals surface area (Å²) in [6.07, 6.45) is -3.18. The fraction of sp³-hybridized carbons (Fsp3) is 0.227. The number of allylic oxidation sites excluding steroid dienone is 1. The van der Waals surface area contributed by atoms with Gasteiger partial charge in [0.05, 0.1) is 25.4 Å². The van der Waals surface area contributed by atoms with Crippen LogP contribution >= 0.6 is 0 Å². The summed E-state index contributed by atoms with van der Waals surface area (Å²) in [5.74, 6) is 0.790. The maximum Gasteiger partial charge on any atom is 0.416 e. The Balaban J connectivity index is 1.75. The molecular weight excluding hydrogens is 439 g/mol. The highest BCUT2D eigenvalue weighted by Gasteiger charge is 2.35. The first-order valence-corrected chi connectivity index (χ1v) is 9.80. The summed E-state index contributed by atoms with van der Waals surface area (Å²) in [7, 11) is 3.00. The van der Waals surface area contributed by atoms with Crippen LogP contribution in [-0.2, 0) is 11.0 Å². The van der Waals surface area contributed by atoms with E-state index < -0.39 is 23.7 Å². The van der Waals surface area contributed by atoms with Crippen LogP contribution in [0.5, 0.6) is 11.5 Å². The summed E-state index contributed by atoms with van der Waals surface area (Å²) in [4.78, 5) is 17.5. The average molecular weight is 459 g/mol. The van der Waals surface area contributed by atoms with Crippen LogP contribution in [0.15, 0.2) is 60.1 Å². The molecule has 1 aromatic heterocycles. The predicted molar refractivity (Wildman–Crippen MR) is 114 cm³/mol.